The molecule has 0 aliphatic rings. The maximum atomic E-state index is 11.7. The van der Waals surface area contributed by atoms with Gasteiger partial charge in [0.15, 0.2) is 16.5 Å². The van der Waals surface area contributed by atoms with Gasteiger partial charge in [-0.1, -0.05) is 23.2 Å². The highest BCUT2D eigenvalue weighted by Crippen LogP contribution is 2.27. The molecule has 0 bridgehead atoms. The number of hydrogen-bond donors (Lipinski definition) is 0. The first-order valence-corrected chi connectivity index (χ1v) is 6.18. The second-order valence-corrected chi connectivity index (χ2v) is 4.29. The number of carbonyl (C=O) groups is 2. The lowest BCUT2D eigenvalue weighted by Gasteiger charge is -2.06. The van der Waals surface area contributed by atoms with Crippen LogP contribution >= 0.6 is 23.2 Å². The van der Waals surface area contributed by atoms with E-state index in [1.165, 1.54) is 10.7 Å². The van der Waals surface area contributed by atoms with Gasteiger partial charge >= 0.3 is 5.97 Å². The normalized spacial score (nSPS) is 10.7. The molecule has 2 heterocycles. The van der Waals surface area contributed by atoms with Crippen LogP contribution in [0.15, 0.2) is 6.20 Å². The summed E-state index contributed by atoms with van der Waals surface area (Å²) in [5, 5.41) is 4.24. The van der Waals surface area contributed by atoms with E-state index in [1.807, 2.05) is 0 Å². The molecule has 6 nitrogen and oxygen atoms in total. The monoisotopic (exact) mass is 301 g/mol. The predicted molar refractivity (Wildman–Crippen MR) is 68.7 cm³/mol. The molecule has 0 unspecified atom stereocenters. The molecule has 0 saturated carbocycles. The number of ether oxygens (including phenoxy) is 1. The summed E-state index contributed by atoms with van der Waals surface area (Å²) in [5.41, 5.74) is 0.760. The van der Waals surface area contributed by atoms with Crippen LogP contribution < -0.4 is 0 Å². The molecule has 2 aromatic rings. The number of rotatable bonds is 4. The van der Waals surface area contributed by atoms with Crippen molar-refractivity contribution in [3.63, 3.8) is 0 Å². The van der Waals surface area contributed by atoms with Crippen LogP contribution in [0, 0.1) is 0 Å². The topological polar surface area (TPSA) is 73.6 Å². The predicted octanol–water partition coefficient (Wildman–Crippen LogP) is 1.95. The minimum absolute atomic E-state index is 0.0305. The molecule has 0 N–H and O–H groups in total. The standard InChI is InChI=1S/C11H9Cl2N3O3/c1-2-19-11(18)7-5-14-10-8(12)6(3-4-17)9(13)15-16(7)10/h4-5H,2-3H2,1H3. The largest absolute Gasteiger partial charge is 0.461 e. The summed E-state index contributed by atoms with van der Waals surface area (Å²) in [6, 6.07) is 0. The number of aldehydes is 1. The Morgan fingerprint density at radius 3 is 2.89 bits per heavy atom. The number of hydrogen-bond acceptors (Lipinski definition) is 5. The van der Waals surface area contributed by atoms with E-state index in [1.54, 1.807) is 6.92 Å². The summed E-state index contributed by atoms with van der Waals surface area (Å²) in [5.74, 6) is -0.572. The zero-order chi connectivity index (χ0) is 14.0. The molecule has 0 radical (unpaired) electrons. The van der Waals surface area contributed by atoms with E-state index in [9.17, 15) is 9.59 Å². The molecular weight excluding hydrogens is 293 g/mol. The Kier molecular flexibility index (Phi) is 4.01. The second kappa shape index (κ2) is 5.54. The molecule has 0 aromatic carbocycles. The van der Waals surface area contributed by atoms with Crippen molar-refractivity contribution >= 4 is 41.1 Å². The van der Waals surface area contributed by atoms with Crippen LogP contribution in [-0.4, -0.2) is 33.5 Å². The Labute approximate surface area is 118 Å². The first kappa shape index (κ1) is 13.8. The van der Waals surface area contributed by atoms with E-state index < -0.39 is 5.97 Å². The number of aromatic nitrogens is 3. The minimum Gasteiger partial charge on any atom is -0.461 e. The molecule has 0 aliphatic heterocycles. The summed E-state index contributed by atoms with van der Waals surface area (Å²) in [4.78, 5) is 26.3. The van der Waals surface area contributed by atoms with Crippen LogP contribution in [0.3, 0.4) is 0 Å². The quantitative estimate of drug-likeness (QED) is 0.637. The Hall–Kier alpha value is -1.66. The smallest absolute Gasteiger partial charge is 0.358 e. The third kappa shape index (κ3) is 2.41. The van der Waals surface area contributed by atoms with Crippen molar-refractivity contribution in [3.8, 4) is 0 Å². The Morgan fingerprint density at radius 1 is 1.53 bits per heavy atom. The van der Waals surface area contributed by atoms with E-state index >= 15 is 0 Å². The zero-order valence-corrected chi connectivity index (χ0v) is 11.4. The molecule has 0 fully saturated rings. The highest BCUT2D eigenvalue weighted by atomic mass is 35.5. The number of fused-ring (bicyclic) bond motifs is 1. The van der Waals surface area contributed by atoms with Crippen molar-refractivity contribution in [1.82, 2.24) is 14.6 Å². The minimum atomic E-state index is -0.572. The molecule has 0 aliphatic carbocycles. The average molecular weight is 302 g/mol. The lowest BCUT2D eigenvalue weighted by atomic mass is 10.2. The molecule has 100 valence electrons. The first-order chi connectivity index (χ1) is 9.10. The van der Waals surface area contributed by atoms with Gasteiger partial charge in [-0.25, -0.2) is 14.3 Å². The first-order valence-electron chi connectivity index (χ1n) is 5.42. The molecule has 0 atom stereocenters. The third-order valence-electron chi connectivity index (χ3n) is 2.41. The van der Waals surface area contributed by atoms with Crippen LogP contribution in [0.2, 0.25) is 10.2 Å². The van der Waals surface area contributed by atoms with Gasteiger partial charge in [-0.15, -0.1) is 0 Å². The van der Waals surface area contributed by atoms with Gasteiger partial charge in [0.2, 0.25) is 0 Å². The maximum Gasteiger partial charge on any atom is 0.358 e. The summed E-state index contributed by atoms with van der Waals surface area (Å²) in [6.45, 7) is 1.92. The highest BCUT2D eigenvalue weighted by Gasteiger charge is 2.20. The molecule has 0 amide bonds. The number of esters is 1. The molecule has 2 rings (SSSR count). The van der Waals surface area contributed by atoms with Crippen LogP contribution in [0.1, 0.15) is 23.0 Å². The Balaban J connectivity index is 2.62. The van der Waals surface area contributed by atoms with Gasteiger partial charge in [-0.05, 0) is 6.92 Å². The van der Waals surface area contributed by atoms with Crippen molar-refractivity contribution in [2.75, 3.05) is 6.61 Å². The van der Waals surface area contributed by atoms with E-state index in [2.05, 4.69) is 10.1 Å². The molecule has 19 heavy (non-hydrogen) atoms. The Morgan fingerprint density at radius 2 is 2.26 bits per heavy atom. The Bertz CT molecular complexity index is 654. The van der Waals surface area contributed by atoms with Gasteiger partial charge in [0, 0.05) is 12.0 Å². The van der Waals surface area contributed by atoms with Gasteiger partial charge in [-0.3, -0.25) is 0 Å². The second-order valence-electron chi connectivity index (χ2n) is 3.55. The van der Waals surface area contributed by atoms with E-state index in [0.717, 1.165) is 0 Å². The highest BCUT2D eigenvalue weighted by molar-refractivity contribution is 6.37. The van der Waals surface area contributed by atoms with Crippen LogP contribution in [0.4, 0.5) is 0 Å². The maximum absolute atomic E-state index is 11.7. The van der Waals surface area contributed by atoms with Gasteiger partial charge in [0.05, 0.1) is 17.8 Å². The van der Waals surface area contributed by atoms with Crippen LogP contribution in [0.25, 0.3) is 5.65 Å². The fourth-order valence-corrected chi connectivity index (χ4v) is 2.16. The molecule has 0 saturated heterocycles. The average Bonchev–Trinajstić information content (AvgIpc) is 2.78. The molecular formula is C11H9Cl2N3O3. The molecule has 8 heteroatoms. The van der Waals surface area contributed by atoms with Crippen molar-refractivity contribution in [2.45, 2.75) is 13.3 Å². The van der Waals surface area contributed by atoms with Crippen molar-refractivity contribution < 1.29 is 14.3 Å². The summed E-state index contributed by atoms with van der Waals surface area (Å²) >= 11 is 12.0. The van der Waals surface area contributed by atoms with Crippen molar-refractivity contribution in [3.05, 3.63) is 27.6 Å². The lowest BCUT2D eigenvalue weighted by Crippen LogP contribution is -2.10. The molecule has 0 spiro atoms. The van der Waals surface area contributed by atoms with E-state index in [4.69, 9.17) is 27.9 Å². The number of carbonyl (C=O) groups excluding carboxylic acids is 2. The number of halogens is 2. The fraction of sp³-hybridized carbons (Fsp3) is 0.273. The van der Waals surface area contributed by atoms with Gasteiger partial charge in [-0.2, -0.15) is 5.10 Å². The van der Waals surface area contributed by atoms with Crippen LogP contribution in [-0.2, 0) is 16.0 Å². The summed E-state index contributed by atoms with van der Waals surface area (Å²) in [7, 11) is 0. The van der Waals surface area contributed by atoms with Crippen molar-refractivity contribution in [2.24, 2.45) is 0 Å². The van der Waals surface area contributed by atoms with E-state index in [0.29, 0.717) is 11.8 Å². The summed E-state index contributed by atoms with van der Waals surface area (Å²) in [6.07, 6.45) is 2.00. The van der Waals surface area contributed by atoms with Gasteiger partial charge in [0.1, 0.15) is 6.29 Å². The fourth-order valence-electron chi connectivity index (χ4n) is 1.57. The SMILES string of the molecule is CCOC(=O)c1cnc2c(Cl)c(CC=O)c(Cl)nn12. The number of imidazole rings is 1. The van der Waals surface area contributed by atoms with Crippen molar-refractivity contribution in [1.29, 1.82) is 0 Å². The number of nitrogens with zero attached hydrogens (tertiary/aromatic N) is 3. The zero-order valence-electron chi connectivity index (χ0n) is 9.89. The summed E-state index contributed by atoms with van der Waals surface area (Å²) < 4.78 is 6.08. The third-order valence-corrected chi connectivity index (χ3v) is 3.11. The van der Waals surface area contributed by atoms with Crippen LogP contribution in [0.5, 0.6) is 0 Å². The lowest BCUT2D eigenvalue weighted by molar-refractivity contribution is -0.107. The molecule has 2 aromatic heterocycles. The van der Waals surface area contributed by atoms with Gasteiger partial charge in [0.25, 0.3) is 0 Å². The van der Waals surface area contributed by atoms with E-state index in [-0.39, 0.29) is 34.5 Å². The van der Waals surface area contributed by atoms with Gasteiger partial charge < -0.3 is 9.53 Å².